The molecule has 6 aliphatic carbocycles. The summed E-state index contributed by atoms with van der Waals surface area (Å²) in [6.07, 6.45) is 9.14. The van der Waals surface area contributed by atoms with Gasteiger partial charge in [0.15, 0.2) is 23.0 Å². The van der Waals surface area contributed by atoms with Gasteiger partial charge < -0.3 is 83.1 Å². The molecule has 28 nitrogen and oxygen atoms in total. The van der Waals surface area contributed by atoms with E-state index in [2.05, 4.69) is 63.0 Å². The molecule has 2 spiro atoms. The first-order chi connectivity index (χ1) is 42.2. The number of phenols is 2. The van der Waals surface area contributed by atoms with Crippen molar-refractivity contribution in [3.8, 4) is 23.0 Å². The fourth-order valence-electron chi connectivity index (χ4n) is 15.8. The van der Waals surface area contributed by atoms with Gasteiger partial charge in [-0.2, -0.15) is 0 Å². The molecule has 2 aromatic carbocycles. The van der Waals surface area contributed by atoms with Crippen LogP contribution < -0.4 is 62.6 Å². The summed E-state index contributed by atoms with van der Waals surface area (Å²) in [4.78, 5) is 131. The second-order valence-corrected chi connectivity index (χ2v) is 25.4. The number of nitrogens with zero attached hydrogens (tertiary/aromatic N) is 2. The lowest BCUT2D eigenvalue weighted by Gasteiger charge is -2.64. The highest BCUT2D eigenvalue weighted by atomic mass is 16.5. The van der Waals surface area contributed by atoms with Crippen LogP contribution in [0.15, 0.2) is 36.4 Å². The van der Waals surface area contributed by atoms with Crippen molar-refractivity contribution in [2.45, 2.75) is 135 Å². The van der Waals surface area contributed by atoms with Crippen LogP contribution in [0, 0.1) is 11.8 Å². The third-order valence-corrected chi connectivity index (χ3v) is 20.1. The van der Waals surface area contributed by atoms with Crippen molar-refractivity contribution in [1.82, 2.24) is 63.0 Å². The van der Waals surface area contributed by atoms with Crippen molar-refractivity contribution >= 4 is 59.1 Å². The summed E-state index contributed by atoms with van der Waals surface area (Å²) in [6, 6.07) is 5.75. The van der Waals surface area contributed by atoms with Crippen LogP contribution in [-0.2, 0) is 71.6 Å². The number of carbonyl (C=O) groups excluding carboxylic acids is 10. The highest BCUT2D eigenvalue weighted by Crippen LogP contribution is 2.67. The zero-order valence-electron chi connectivity index (χ0n) is 48.6. The smallest absolute Gasteiger partial charge is 0.244 e. The third kappa shape index (κ3) is 11.2. The van der Waals surface area contributed by atoms with Crippen LogP contribution in [0.25, 0.3) is 0 Å². The Labute approximate surface area is 505 Å². The second kappa shape index (κ2) is 23.8. The lowest BCUT2D eigenvalue weighted by Crippen LogP contribution is -2.78. The van der Waals surface area contributed by atoms with Crippen LogP contribution in [0.4, 0.5) is 0 Å². The molecule has 4 heterocycles. The van der Waals surface area contributed by atoms with Gasteiger partial charge in [0, 0.05) is 48.5 Å². The topological polar surface area (TPSA) is 397 Å². The summed E-state index contributed by atoms with van der Waals surface area (Å²) in [5.74, 6) is -5.26. The lowest BCUT2D eigenvalue weighted by atomic mass is 9.48. The zero-order chi connectivity index (χ0) is 61.9. The van der Waals surface area contributed by atoms with E-state index in [1.807, 2.05) is 12.1 Å². The number of aliphatic hydroxyl groups is 2. The number of piperidine rings is 2. The van der Waals surface area contributed by atoms with Crippen LogP contribution in [0.1, 0.15) is 86.5 Å². The van der Waals surface area contributed by atoms with Gasteiger partial charge in [0.2, 0.25) is 59.1 Å². The van der Waals surface area contributed by atoms with Gasteiger partial charge in [0.1, 0.15) is 12.2 Å². The number of ether oxygens (including phenoxy) is 2. The molecule has 0 radical (unpaired) electrons. The molecule has 2 aromatic rings. The normalized spacial score (nSPS) is 29.8. The number of carbonyl (C=O) groups is 10. The Hall–Kier alpha value is -8.08. The fraction of sp³-hybridized carbons (Fsp3) is 0.600. The number of aromatic hydroxyl groups is 2. The molecule has 2 saturated heterocycles. The molecule has 10 atom stereocenters. The van der Waals surface area contributed by atoms with Gasteiger partial charge in [-0.3, -0.25) is 57.7 Å². The Morgan fingerprint density at radius 1 is 0.455 bits per heavy atom. The molecule has 4 bridgehead atoms. The second-order valence-electron chi connectivity index (χ2n) is 25.4. The molecule has 88 heavy (non-hydrogen) atoms. The average molecular weight is 1220 g/mol. The predicted molar refractivity (Wildman–Crippen MR) is 307 cm³/mol. The number of benzene rings is 2. The van der Waals surface area contributed by atoms with Crippen molar-refractivity contribution < 1.29 is 77.8 Å². The zero-order valence-corrected chi connectivity index (χ0v) is 48.6. The van der Waals surface area contributed by atoms with Crippen molar-refractivity contribution in [3.05, 3.63) is 58.7 Å². The summed E-state index contributed by atoms with van der Waals surface area (Å²) in [7, 11) is 0. The highest BCUT2D eigenvalue weighted by molar-refractivity contribution is 5.99. The molecule has 0 aromatic heterocycles. The Morgan fingerprint density at radius 2 is 0.784 bits per heavy atom. The standard InChI is InChI=1S/C60H76N12O16/c73-37-7-5-33-19-39-59(85)13-11-35(55-57(59,51(33)53(37)87-55)15-17-71(39)29-31-1-2-31)69-49(83)27-67-47(81)25-65-45(79)23-63-43(77)21-61-41(75)9-10-42(76)62-22-44(78)64-24-46(80)66-26-48(82)68-28-50(84)70-36-12-14-60(86)40-20-34-6-8-38(74)54-52(34)58(60,56(36)88-54)16-18-72(40)30-32-3-4-32/h5-10,31-32,35-36,39-40,55-56,73-74,85-86H,1-4,11-30H2,(H,61,75)(H,62,76)(H,63,77)(H,64,78)(H,65,79)(H,66,80)(H,67,81)(H,68,82)(H,69,83)(H,70,84)/b10-9+. The first kappa shape index (κ1) is 60.2. The SMILES string of the molecule is O=C(/C=C/C(=O)NCC(=O)NCC(=O)NCC(=O)NCC(=O)NC1CCC2(O)C3Cc4ccc(O)c5c4C2(CCN3CC2CC2)C1O5)NCC(=O)NCC(=O)NCC(=O)NCC(=O)NC1CCC2(O)C3Cc4ccc(O)c5c4C2(CCN3CC2CC2)C1O5. The largest absolute Gasteiger partial charge is 0.504 e. The van der Waals surface area contributed by atoms with Gasteiger partial charge in [-0.15, -0.1) is 0 Å². The quantitative estimate of drug-likeness (QED) is 0.0440. The van der Waals surface area contributed by atoms with Crippen LogP contribution in [0.5, 0.6) is 23.0 Å². The van der Waals surface area contributed by atoms with E-state index in [9.17, 15) is 68.4 Å². The molecule has 472 valence electrons. The number of rotatable bonds is 24. The number of amides is 10. The van der Waals surface area contributed by atoms with Gasteiger partial charge in [-0.1, -0.05) is 12.1 Å². The van der Waals surface area contributed by atoms with Crippen LogP contribution in [0.3, 0.4) is 0 Å². The maximum absolute atomic E-state index is 13.3. The number of phenolic OH excluding ortho intramolecular Hbond substituents is 2. The summed E-state index contributed by atoms with van der Waals surface area (Å²) >= 11 is 0. The minimum absolute atomic E-state index is 0.0158. The van der Waals surface area contributed by atoms with Crippen molar-refractivity contribution in [2.75, 3.05) is 78.5 Å². The fourth-order valence-corrected chi connectivity index (χ4v) is 15.8. The van der Waals surface area contributed by atoms with E-state index in [1.165, 1.54) is 25.7 Å². The minimum Gasteiger partial charge on any atom is -0.504 e. The van der Waals surface area contributed by atoms with Crippen LogP contribution >= 0.6 is 0 Å². The molecule has 12 rings (SSSR count). The van der Waals surface area contributed by atoms with Crippen LogP contribution in [0.2, 0.25) is 0 Å². The van der Waals surface area contributed by atoms with Gasteiger partial charge in [0.05, 0.1) is 86.5 Å². The van der Waals surface area contributed by atoms with Crippen molar-refractivity contribution in [2.24, 2.45) is 11.8 Å². The van der Waals surface area contributed by atoms with E-state index in [1.54, 1.807) is 12.1 Å². The Balaban J connectivity index is 0.491. The Morgan fingerprint density at radius 3 is 1.12 bits per heavy atom. The van der Waals surface area contributed by atoms with E-state index >= 15 is 0 Å². The summed E-state index contributed by atoms with van der Waals surface area (Å²) in [5, 5.41) is 71.6. The van der Waals surface area contributed by atoms with E-state index < -0.39 is 158 Å². The number of nitrogens with one attached hydrogen (secondary N) is 10. The van der Waals surface area contributed by atoms with Gasteiger partial charge in [-0.05, 0) is 125 Å². The minimum atomic E-state index is -1.13. The van der Waals surface area contributed by atoms with E-state index in [0.717, 1.165) is 60.6 Å². The molecule has 6 fully saturated rings. The molecular weight excluding hydrogens is 1140 g/mol. The molecule has 4 aliphatic heterocycles. The number of hydrogen-bond acceptors (Lipinski definition) is 18. The molecule has 10 amide bonds. The maximum Gasteiger partial charge on any atom is 0.244 e. The summed E-state index contributed by atoms with van der Waals surface area (Å²) in [6.45, 7) is -0.824. The Kier molecular flexibility index (Phi) is 16.3. The number of likely N-dealkylation sites (tertiary alicyclic amines) is 2. The average Bonchev–Trinajstić information content (AvgIpc) is 1.53. The molecular formula is C60H76N12O16. The Bertz CT molecular complexity index is 3060. The molecule has 28 heteroatoms. The van der Waals surface area contributed by atoms with E-state index in [-0.39, 0.29) is 23.6 Å². The number of hydrogen-bond donors (Lipinski definition) is 14. The first-order valence-electron chi connectivity index (χ1n) is 30.6. The maximum atomic E-state index is 13.3. The van der Waals surface area contributed by atoms with Crippen molar-refractivity contribution in [3.63, 3.8) is 0 Å². The first-order valence-corrected chi connectivity index (χ1v) is 30.6. The van der Waals surface area contributed by atoms with Gasteiger partial charge >= 0.3 is 0 Å². The molecule has 10 unspecified atom stereocenters. The van der Waals surface area contributed by atoms with Gasteiger partial charge in [-0.25, -0.2) is 0 Å². The lowest BCUT2D eigenvalue weighted by molar-refractivity contribution is -0.192. The molecule has 4 saturated carbocycles. The van der Waals surface area contributed by atoms with Crippen LogP contribution in [-0.4, -0.2) is 215 Å². The third-order valence-electron chi connectivity index (χ3n) is 20.1. The summed E-state index contributed by atoms with van der Waals surface area (Å²) in [5.41, 5.74) is -0.207. The predicted octanol–water partition coefficient (Wildman–Crippen LogP) is -4.62. The highest BCUT2D eigenvalue weighted by Gasteiger charge is 2.75. The van der Waals surface area contributed by atoms with Crippen molar-refractivity contribution in [1.29, 1.82) is 0 Å². The monoisotopic (exact) mass is 1220 g/mol. The molecule has 14 N–H and O–H groups in total. The van der Waals surface area contributed by atoms with Gasteiger partial charge in [0.25, 0.3) is 0 Å². The molecule has 10 aliphatic rings. The summed E-state index contributed by atoms with van der Waals surface area (Å²) < 4.78 is 13.0. The van der Waals surface area contributed by atoms with E-state index in [0.29, 0.717) is 74.7 Å². The van der Waals surface area contributed by atoms with E-state index in [4.69, 9.17) is 9.47 Å².